The van der Waals surface area contributed by atoms with Crippen LogP contribution in [0.1, 0.15) is 33.2 Å². The van der Waals surface area contributed by atoms with Crippen LogP contribution >= 0.6 is 7.75 Å². The van der Waals surface area contributed by atoms with Gasteiger partial charge >= 0.3 is 7.75 Å². The van der Waals surface area contributed by atoms with Gasteiger partial charge in [-0.25, -0.2) is 14.6 Å². The highest BCUT2D eigenvalue weighted by Gasteiger charge is 2.31. The van der Waals surface area contributed by atoms with Gasteiger partial charge in [-0.05, 0) is 39.3 Å². The number of anilines is 3. The van der Waals surface area contributed by atoms with Gasteiger partial charge in [0.2, 0.25) is 5.95 Å². The number of benzene rings is 1. The zero-order valence-electron chi connectivity index (χ0n) is 21.7. The van der Waals surface area contributed by atoms with Crippen LogP contribution in [0.3, 0.4) is 0 Å². The number of allylic oxidation sites excluding steroid dienone is 1. The molecule has 1 aliphatic rings. The molecule has 5 N–H and O–H groups in total. The quantitative estimate of drug-likeness (QED) is 0.159. The highest BCUT2D eigenvalue weighted by molar-refractivity contribution is 7.51. The third kappa shape index (κ3) is 6.30. The summed E-state index contributed by atoms with van der Waals surface area (Å²) < 4.78 is 19.8. The predicted molar refractivity (Wildman–Crippen MR) is 144 cm³/mol. The van der Waals surface area contributed by atoms with Crippen molar-refractivity contribution < 1.29 is 23.6 Å². The Morgan fingerprint density at radius 3 is 2.68 bits per heavy atom. The first kappa shape index (κ1) is 27.5. The number of nitrogen functional groups attached to an aromatic ring is 1. The third-order valence-electron chi connectivity index (χ3n) is 6.02. The molecule has 0 aliphatic heterocycles. The molecular formula is C24H33N8O5P. The predicted octanol–water partition coefficient (Wildman–Crippen LogP) is 3.04. The van der Waals surface area contributed by atoms with Gasteiger partial charge in [-0.1, -0.05) is 30.4 Å². The van der Waals surface area contributed by atoms with Crippen LogP contribution in [0, 0.1) is 5.92 Å². The molecule has 1 aliphatic carbocycles. The van der Waals surface area contributed by atoms with E-state index in [-0.39, 0.29) is 30.6 Å². The fourth-order valence-corrected chi connectivity index (χ4v) is 5.19. The van der Waals surface area contributed by atoms with Gasteiger partial charge in [-0.2, -0.15) is 9.97 Å². The molecule has 0 radical (unpaired) electrons. The Hall–Kier alpha value is -3.51. The monoisotopic (exact) mass is 544 g/mol. The fourth-order valence-electron chi connectivity index (χ4n) is 4.26. The van der Waals surface area contributed by atoms with Crippen LogP contribution in [0.5, 0.6) is 0 Å². The van der Waals surface area contributed by atoms with Crippen LogP contribution in [-0.4, -0.2) is 56.1 Å². The minimum atomic E-state index is -4.42. The van der Waals surface area contributed by atoms with Crippen LogP contribution in [0.4, 0.5) is 17.5 Å². The molecule has 0 saturated heterocycles. The maximum absolute atomic E-state index is 12.7. The van der Waals surface area contributed by atoms with Gasteiger partial charge < -0.3 is 20.5 Å². The Balaban J connectivity index is 1.36. The van der Waals surface area contributed by atoms with E-state index in [4.69, 9.17) is 15.1 Å². The number of imidazole rings is 1. The number of para-hydroxylation sites is 1. The summed E-state index contributed by atoms with van der Waals surface area (Å²) >= 11 is 0. The SMILES string of the molecule is CON(c1ccccc1)[C@@H](C)C(=O)NP(=O)(O)OC[C@@H]1C=C[C@H](n2cnc3c(NC(C)C)nc(N)nc32)C1. The number of nitrogens with two attached hydrogens (primary N) is 1. The molecule has 14 heteroatoms. The van der Waals surface area contributed by atoms with E-state index >= 15 is 0 Å². The number of aromatic nitrogens is 4. The summed E-state index contributed by atoms with van der Waals surface area (Å²) in [7, 11) is -3.01. The first-order valence-electron chi connectivity index (χ1n) is 12.2. The summed E-state index contributed by atoms with van der Waals surface area (Å²) in [5.74, 6) is -0.183. The van der Waals surface area contributed by atoms with Gasteiger partial charge in [0.25, 0.3) is 5.91 Å². The Labute approximate surface area is 220 Å². The van der Waals surface area contributed by atoms with Crippen molar-refractivity contribution in [3.63, 3.8) is 0 Å². The van der Waals surface area contributed by atoms with Crippen molar-refractivity contribution in [2.45, 2.75) is 45.3 Å². The summed E-state index contributed by atoms with van der Waals surface area (Å²) in [6, 6.07) is 8.09. The summed E-state index contributed by atoms with van der Waals surface area (Å²) in [6.45, 7) is 5.48. The van der Waals surface area contributed by atoms with Crippen molar-refractivity contribution in [2.24, 2.45) is 5.92 Å². The van der Waals surface area contributed by atoms with E-state index in [9.17, 15) is 14.3 Å². The zero-order chi connectivity index (χ0) is 27.4. The highest BCUT2D eigenvalue weighted by atomic mass is 31.2. The molecule has 1 unspecified atom stereocenters. The number of nitrogens with one attached hydrogen (secondary N) is 2. The first-order chi connectivity index (χ1) is 18.1. The van der Waals surface area contributed by atoms with Crippen LogP contribution < -0.4 is 21.2 Å². The van der Waals surface area contributed by atoms with Gasteiger partial charge in [0.15, 0.2) is 17.0 Å². The molecule has 2 heterocycles. The van der Waals surface area contributed by atoms with Crippen molar-refractivity contribution in [1.82, 2.24) is 24.6 Å². The lowest BCUT2D eigenvalue weighted by Gasteiger charge is -2.28. The minimum Gasteiger partial charge on any atom is -0.368 e. The molecule has 4 rings (SSSR count). The number of amides is 1. The average molecular weight is 545 g/mol. The van der Waals surface area contributed by atoms with Crippen molar-refractivity contribution in [1.29, 1.82) is 0 Å². The van der Waals surface area contributed by atoms with Crippen molar-refractivity contribution in [3.8, 4) is 0 Å². The van der Waals surface area contributed by atoms with Crippen molar-refractivity contribution in [3.05, 3.63) is 48.8 Å². The van der Waals surface area contributed by atoms with E-state index in [2.05, 4.69) is 25.4 Å². The molecule has 204 valence electrons. The van der Waals surface area contributed by atoms with Gasteiger partial charge in [0.05, 0.1) is 31.8 Å². The summed E-state index contributed by atoms with van der Waals surface area (Å²) in [5, 5.41) is 6.68. The van der Waals surface area contributed by atoms with Crippen LogP contribution in [0.2, 0.25) is 0 Å². The Morgan fingerprint density at radius 1 is 1.26 bits per heavy atom. The number of fused-ring (bicyclic) bond motifs is 1. The number of hydroxylamine groups is 1. The third-order valence-corrected chi connectivity index (χ3v) is 7.03. The fraction of sp³-hybridized carbons (Fsp3) is 0.417. The molecule has 0 bridgehead atoms. The van der Waals surface area contributed by atoms with Gasteiger partial charge in [0, 0.05) is 12.0 Å². The molecule has 38 heavy (non-hydrogen) atoms. The lowest BCUT2D eigenvalue weighted by atomic mass is 10.1. The molecule has 0 spiro atoms. The average Bonchev–Trinajstić information content (AvgIpc) is 3.50. The first-order valence-corrected chi connectivity index (χ1v) is 13.8. The van der Waals surface area contributed by atoms with E-state index in [1.807, 2.05) is 36.6 Å². The topological polar surface area (TPSA) is 170 Å². The van der Waals surface area contributed by atoms with E-state index in [1.54, 1.807) is 37.5 Å². The molecule has 4 atom stereocenters. The Kier molecular flexibility index (Phi) is 8.32. The normalized spacial score (nSPS) is 19.4. The number of carbonyl (C=O) groups is 1. The van der Waals surface area contributed by atoms with Gasteiger partial charge in [-0.3, -0.25) is 19.2 Å². The number of hydrogen-bond acceptors (Lipinski definition) is 10. The maximum atomic E-state index is 12.7. The molecule has 1 aromatic carbocycles. The smallest absolute Gasteiger partial charge is 0.368 e. The molecule has 2 aromatic heterocycles. The van der Waals surface area contributed by atoms with E-state index in [1.165, 1.54) is 12.2 Å². The van der Waals surface area contributed by atoms with E-state index < -0.39 is 19.7 Å². The molecular weight excluding hydrogens is 511 g/mol. The summed E-state index contributed by atoms with van der Waals surface area (Å²) in [5.41, 5.74) is 7.75. The number of nitrogens with zero attached hydrogens (tertiary/aromatic N) is 5. The number of rotatable bonds is 11. The zero-order valence-corrected chi connectivity index (χ0v) is 22.6. The van der Waals surface area contributed by atoms with Crippen LogP contribution in [-0.2, 0) is 18.7 Å². The highest BCUT2D eigenvalue weighted by Crippen LogP contribution is 2.40. The van der Waals surface area contributed by atoms with Gasteiger partial charge in [-0.15, -0.1) is 0 Å². The second kappa shape index (κ2) is 11.5. The second-order valence-electron chi connectivity index (χ2n) is 9.31. The second-order valence-corrected chi connectivity index (χ2v) is 10.8. The number of hydrogen-bond donors (Lipinski definition) is 4. The summed E-state index contributed by atoms with van der Waals surface area (Å²) in [4.78, 5) is 41.4. The van der Waals surface area contributed by atoms with E-state index in [0.29, 0.717) is 29.1 Å². The Morgan fingerprint density at radius 2 is 2.00 bits per heavy atom. The van der Waals surface area contributed by atoms with Gasteiger partial charge in [0.1, 0.15) is 6.04 Å². The van der Waals surface area contributed by atoms with Crippen LogP contribution in [0.15, 0.2) is 48.8 Å². The molecule has 0 saturated carbocycles. The molecule has 0 fully saturated rings. The maximum Gasteiger partial charge on any atom is 0.432 e. The molecule has 13 nitrogen and oxygen atoms in total. The van der Waals surface area contributed by atoms with E-state index in [0.717, 1.165) is 0 Å². The summed E-state index contributed by atoms with van der Waals surface area (Å²) in [6.07, 6.45) is 6.12. The van der Waals surface area contributed by atoms with Crippen LogP contribution in [0.25, 0.3) is 11.2 Å². The molecule has 3 aromatic rings. The van der Waals surface area contributed by atoms with Crippen molar-refractivity contribution in [2.75, 3.05) is 29.8 Å². The largest absolute Gasteiger partial charge is 0.432 e. The minimum absolute atomic E-state index is 0.0635. The number of carbonyl (C=O) groups excluding carboxylic acids is 1. The lowest BCUT2D eigenvalue weighted by molar-refractivity contribution is -0.122. The standard InChI is InChI=1S/C24H33N8O5P/c1-15(2)27-21-20-22(29-24(25)28-21)31(14-26-20)19-11-10-17(12-19)13-37-38(34,35)30-23(33)16(3)32(36-4)18-8-6-5-7-9-18/h5-11,14-17,19H,12-13H2,1-4H3,(H3,25,27,28,29)(H2,30,33,34,35)/t16-,17+,19-/m0/s1. The lowest BCUT2D eigenvalue weighted by Crippen LogP contribution is -2.44. The molecule has 1 amide bonds. The van der Waals surface area contributed by atoms with Crippen molar-refractivity contribution >= 4 is 42.3 Å². The Bertz CT molecular complexity index is 1350.